The highest BCUT2D eigenvalue weighted by molar-refractivity contribution is 7.92. The molecule has 1 fully saturated rings. The zero-order valence-corrected chi connectivity index (χ0v) is 19.9. The minimum absolute atomic E-state index is 0. The van der Waals surface area contributed by atoms with Gasteiger partial charge in [-0.3, -0.25) is 4.72 Å². The first-order valence-electron chi connectivity index (χ1n) is 10.2. The number of rotatable bonds is 6. The first-order valence-corrected chi connectivity index (χ1v) is 11.7. The third kappa shape index (κ3) is 4.72. The largest absolute Gasteiger partial charge is 0.493 e. The summed E-state index contributed by atoms with van der Waals surface area (Å²) in [5.74, 6) is 0.833. The van der Waals surface area contributed by atoms with Crippen LogP contribution in [0.1, 0.15) is 6.92 Å². The number of nitrogens with one attached hydrogen (secondary N) is 2. The van der Waals surface area contributed by atoms with Crippen LogP contribution in [0.3, 0.4) is 0 Å². The molecule has 1 saturated heterocycles. The lowest BCUT2D eigenvalue weighted by molar-refractivity contribution is 0.354. The average molecular weight is 478 g/mol. The Bertz CT molecular complexity index is 1200. The predicted octanol–water partition coefficient (Wildman–Crippen LogP) is 3.88. The molecule has 4 rings (SSSR count). The van der Waals surface area contributed by atoms with Gasteiger partial charge in [0.05, 0.1) is 24.8 Å². The van der Waals surface area contributed by atoms with Gasteiger partial charge >= 0.3 is 0 Å². The summed E-state index contributed by atoms with van der Waals surface area (Å²) in [5, 5.41) is 5.33. The van der Waals surface area contributed by atoms with Crippen LogP contribution < -0.4 is 24.4 Å². The molecule has 1 aliphatic rings. The topological polar surface area (TPSA) is 79.9 Å². The highest BCUT2D eigenvalue weighted by Gasteiger charge is 2.21. The Morgan fingerprint density at radius 3 is 2.41 bits per heavy atom. The van der Waals surface area contributed by atoms with Crippen LogP contribution >= 0.6 is 12.4 Å². The zero-order chi connectivity index (χ0) is 22.0. The summed E-state index contributed by atoms with van der Waals surface area (Å²) in [6, 6.07) is 16.6. The van der Waals surface area contributed by atoms with Crippen molar-refractivity contribution in [2.45, 2.75) is 17.9 Å². The molecule has 1 atom stereocenters. The molecule has 0 aromatic heterocycles. The molecule has 0 saturated carbocycles. The number of halogens is 1. The number of piperazine rings is 1. The fourth-order valence-electron chi connectivity index (χ4n) is 3.99. The van der Waals surface area contributed by atoms with E-state index in [-0.39, 0.29) is 17.3 Å². The highest BCUT2D eigenvalue weighted by atomic mass is 35.5. The molecule has 32 heavy (non-hydrogen) atoms. The van der Waals surface area contributed by atoms with Crippen molar-refractivity contribution in [3.05, 3.63) is 54.6 Å². The summed E-state index contributed by atoms with van der Waals surface area (Å²) >= 11 is 0. The smallest absolute Gasteiger partial charge is 0.262 e. The molecule has 1 aliphatic heterocycles. The molecule has 0 spiro atoms. The Kier molecular flexibility index (Phi) is 7.38. The quantitative estimate of drug-likeness (QED) is 0.561. The van der Waals surface area contributed by atoms with Crippen LogP contribution in [0.15, 0.2) is 59.5 Å². The van der Waals surface area contributed by atoms with E-state index in [2.05, 4.69) is 21.9 Å². The predicted molar refractivity (Wildman–Crippen MR) is 131 cm³/mol. The minimum Gasteiger partial charge on any atom is -0.493 e. The second kappa shape index (κ2) is 9.85. The van der Waals surface area contributed by atoms with Crippen LogP contribution in [0.25, 0.3) is 10.8 Å². The van der Waals surface area contributed by atoms with Crippen LogP contribution in [0.4, 0.5) is 11.4 Å². The molecule has 0 amide bonds. The maximum Gasteiger partial charge on any atom is 0.262 e. The van der Waals surface area contributed by atoms with Gasteiger partial charge in [-0.05, 0) is 31.2 Å². The van der Waals surface area contributed by atoms with E-state index in [1.54, 1.807) is 6.07 Å². The van der Waals surface area contributed by atoms with Gasteiger partial charge in [0.2, 0.25) is 0 Å². The number of methoxy groups -OCH3 is 2. The van der Waals surface area contributed by atoms with Gasteiger partial charge in [-0.15, -0.1) is 12.4 Å². The summed E-state index contributed by atoms with van der Waals surface area (Å²) in [6.07, 6.45) is 0. The fourth-order valence-corrected chi connectivity index (χ4v) is 5.08. The molecule has 7 nitrogen and oxygen atoms in total. The van der Waals surface area contributed by atoms with Gasteiger partial charge in [0.25, 0.3) is 10.0 Å². The second-order valence-electron chi connectivity index (χ2n) is 7.60. The Morgan fingerprint density at radius 2 is 1.72 bits per heavy atom. The second-order valence-corrected chi connectivity index (χ2v) is 9.28. The van der Waals surface area contributed by atoms with Gasteiger partial charge in [-0.2, -0.15) is 0 Å². The van der Waals surface area contributed by atoms with Crippen molar-refractivity contribution < 1.29 is 17.9 Å². The SMILES string of the molecule is COc1ccc(S(=O)(=O)Nc2ccc(N3CCNC(C)C3)c3ccccc23)cc1OC.Cl. The Morgan fingerprint density at radius 1 is 1.00 bits per heavy atom. The number of hydrogen-bond acceptors (Lipinski definition) is 6. The number of anilines is 2. The van der Waals surface area contributed by atoms with Crippen molar-refractivity contribution in [3.63, 3.8) is 0 Å². The molecule has 172 valence electrons. The molecule has 2 N–H and O–H groups in total. The van der Waals surface area contributed by atoms with Gasteiger partial charge in [0.1, 0.15) is 0 Å². The van der Waals surface area contributed by atoms with E-state index in [0.29, 0.717) is 23.2 Å². The number of benzene rings is 3. The first kappa shape index (κ1) is 24.0. The van der Waals surface area contributed by atoms with Gasteiger partial charge in [-0.1, -0.05) is 24.3 Å². The fraction of sp³-hybridized carbons (Fsp3) is 0.304. The number of hydrogen-bond donors (Lipinski definition) is 2. The number of nitrogens with zero attached hydrogens (tertiary/aromatic N) is 1. The van der Waals surface area contributed by atoms with Crippen LogP contribution in [0.2, 0.25) is 0 Å². The highest BCUT2D eigenvalue weighted by Crippen LogP contribution is 2.35. The average Bonchev–Trinajstić information content (AvgIpc) is 2.78. The summed E-state index contributed by atoms with van der Waals surface area (Å²) in [4.78, 5) is 2.45. The molecule has 0 radical (unpaired) electrons. The van der Waals surface area contributed by atoms with Gasteiger partial charge < -0.3 is 19.7 Å². The van der Waals surface area contributed by atoms with Crippen molar-refractivity contribution in [2.75, 3.05) is 43.5 Å². The minimum atomic E-state index is -3.82. The molecule has 0 bridgehead atoms. The Hall–Kier alpha value is -2.68. The van der Waals surface area contributed by atoms with Crippen molar-refractivity contribution >= 4 is 44.6 Å². The van der Waals surface area contributed by atoms with Crippen molar-refractivity contribution in [1.29, 1.82) is 0 Å². The normalized spacial score (nSPS) is 16.3. The summed E-state index contributed by atoms with van der Waals surface area (Å²) < 4.78 is 39.4. The van der Waals surface area contributed by atoms with Crippen LogP contribution in [-0.4, -0.2) is 48.3 Å². The number of ether oxygens (including phenoxy) is 2. The first-order chi connectivity index (χ1) is 14.9. The molecule has 1 unspecified atom stereocenters. The molecule has 0 aliphatic carbocycles. The van der Waals surface area contributed by atoms with Crippen molar-refractivity contribution in [2.24, 2.45) is 0 Å². The molecule has 3 aromatic carbocycles. The maximum absolute atomic E-state index is 13.1. The van der Waals surface area contributed by atoms with Gasteiger partial charge in [0, 0.05) is 48.2 Å². The van der Waals surface area contributed by atoms with Gasteiger partial charge in [0.15, 0.2) is 11.5 Å². The molecular weight excluding hydrogens is 450 g/mol. The molecule has 9 heteroatoms. The standard InChI is InChI=1S/C23H27N3O4S.ClH/c1-16-15-26(13-12-24-16)21-10-9-20(18-6-4-5-7-19(18)21)25-31(27,28)17-8-11-22(29-2)23(14-17)30-3;/h4-11,14,16,24-25H,12-13,15H2,1-3H3;1H. The lowest BCUT2D eigenvalue weighted by atomic mass is 10.1. The van der Waals surface area contributed by atoms with E-state index >= 15 is 0 Å². The summed E-state index contributed by atoms with van der Waals surface area (Å²) in [7, 11) is -0.830. The Balaban J connectivity index is 0.00000289. The van der Waals surface area contributed by atoms with E-state index in [1.165, 1.54) is 26.4 Å². The van der Waals surface area contributed by atoms with E-state index in [9.17, 15) is 8.42 Å². The zero-order valence-electron chi connectivity index (χ0n) is 18.3. The molecule has 3 aromatic rings. The van der Waals surface area contributed by atoms with E-state index in [0.717, 1.165) is 36.1 Å². The van der Waals surface area contributed by atoms with Crippen LogP contribution in [0, 0.1) is 0 Å². The maximum atomic E-state index is 13.1. The molecular formula is C23H28ClN3O4S. The number of sulfonamides is 1. The number of fused-ring (bicyclic) bond motifs is 1. The van der Waals surface area contributed by atoms with Crippen molar-refractivity contribution in [1.82, 2.24) is 5.32 Å². The van der Waals surface area contributed by atoms with Crippen LogP contribution in [-0.2, 0) is 10.0 Å². The Labute approximate surface area is 195 Å². The van der Waals surface area contributed by atoms with E-state index in [1.807, 2.05) is 36.4 Å². The third-order valence-corrected chi connectivity index (χ3v) is 6.88. The lowest BCUT2D eigenvalue weighted by Gasteiger charge is -2.34. The molecule has 1 heterocycles. The van der Waals surface area contributed by atoms with Crippen molar-refractivity contribution in [3.8, 4) is 11.5 Å². The lowest BCUT2D eigenvalue weighted by Crippen LogP contribution is -2.49. The van der Waals surface area contributed by atoms with E-state index < -0.39 is 10.0 Å². The van der Waals surface area contributed by atoms with Gasteiger partial charge in [-0.25, -0.2) is 8.42 Å². The summed E-state index contributed by atoms with van der Waals surface area (Å²) in [6.45, 7) is 4.90. The monoisotopic (exact) mass is 477 g/mol. The van der Waals surface area contributed by atoms with E-state index in [4.69, 9.17) is 9.47 Å². The third-order valence-electron chi connectivity index (χ3n) is 5.52. The van der Waals surface area contributed by atoms with Crippen LogP contribution in [0.5, 0.6) is 11.5 Å². The summed E-state index contributed by atoms with van der Waals surface area (Å²) in [5.41, 5.74) is 1.65.